The summed E-state index contributed by atoms with van der Waals surface area (Å²) in [6.45, 7) is 5.90. The molecule has 0 radical (unpaired) electrons. The van der Waals surface area contributed by atoms with E-state index < -0.39 is 0 Å². The van der Waals surface area contributed by atoms with Gasteiger partial charge in [-0.05, 0) is 60.4 Å². The summed E-state index contributed by atoms with van der Waals surface area (Å²) in [7, 11) is 0. The molecule has 1 amide bonds. The van der Waals surface area contributed by atoms with Crippen LogP contribution in [0.3, 0.4) is 0 Å². The van der Waals surface area contributed by atoms with Crippen LogP contribution < -0.4 is 4.74 Å². The van der Waals surface area contributed by atoms with E-state index in [1.165, 1.54) is 5.56 Å². The molecule has 2 aromatic rings. The van der Waals surface area contributed by atoms with Crippen molar-refractivity contribution in [1.82, 2.24) is 4.90 Å². The smallest absolute Gasteiger partial charge is 0.253 e. The first-order valence-electron chi connectivity index (χ1n) is 10.2. The van der Waals surface area contributed by atoms with Crippen molar-refractivity contribution < 1.29 is 9.53 Å². The van der Waals surface area contributed by atoms with Gasteiger partial charge in [0.05, 0.1) is 16.7 Å². The molecule has 2 fully saturated rings. The summed E-state index contributed by atoms with van der Waals surface area (Å²) >= 11 is 6.10. The Morgan fingerprint density at radius 3 is 2.34 bits per heavy atom. The van der Waals surface area contributed by atoms with Crippen LogP contribution in [-0.2, 0) is 0 Å². The summed E-state index contributed by atoms with van der Waals surface area (Å²) in [5, 5.41) is 9.40. The fourth-order valence-corrected chi connectivity index (χ4v) is 4.76. The number of fused-ring (bicyclic) bond motifs is 1. The number of hydrogen-bond acceptors (Lipinski definition) is 3. The molecule has 29 heavy (non-hydrogen) atoms. The largest absolute Gasteiger partial charge is 0.490 e. The first-order valence-corrected chi connectivity index (χ1v) is 10.6. The highest BCUT2D eigenvalue weighted by atomic mass is 35.5. The Kier molecular flexibility index (Phi) is 5.52. The molecule has 1 saturated carbocycles. The first kappa shape index (κ1) is 19.8. The lowest BCUT2D eigenvalue weighted by Gasteiger charge is -2.20. The highest BCUT2D eigenvalue weighted by Crippen LogP contribution is 2.40. The van der Waals surface area contributed by atoms with Gasteiger partial charge in [0.25, 0.3) is 5.91 Å². The van der Waals surface area contributed by atoms with Crippen molar-refractivity contribution in [3.63, 3.8) is 0 Å². The summed E-state index contributed by atoms with van der Waals surface area (Å²) in [5.41, 5.74) is 2.48. The van der Waals surface area contributed by atoms with Crippen LogP contribution in [0.15, 0.2) is 42.5 Å². The van der Waals surface area contributed by atoms with E-state index in [0.717, 1.165) is 31.5 Å². The molecule has 2 aliphatic rings. The normalized spacial score (nSPS) is 23.1. The molecule has 1 aliphatic carbocycles. The average molecular weight is 409 g/mol. The monoisotopic (exact) mass is 408 g/mol. The number of carbonyl (C=O) groups excluding carboxylic acids is 1. The molecule has 3 atom stereocenters. The van der Waals surface area contributed by atoms with Crippen molar-refractivity contribution in [2.45, 2.75) is 38.7 Å². The number of nitrogens with zero attached hydrogens (tertiary/aromatic N) is 2. The van der Waals surface area contributed by atoms with Crippen molar-refractivity contribution in [1.29, 1.82) is 5.26 Å². The van der Waals surface area contributed by atoms with Crippen molar-refractivity contribution in [3.05, 3.63) is 64.2 Å². The maximum Gasteiger partial charge on any atom is 0.253 e. The van der Waals surface area contributed by atoms with E-state index in [1.807, 2.05) is 17.0 Å². The Bertz CT molecular complexity index is 934. The molecular weight excluding hydrogens is 384 g/mol. The molecule has 2 aromatic carbocycles. The van der Waals surface area contributed by atoms with Crippen LogP contribution in [0.25, 0.3) is 0 Å². The summed E-state index contributed by atoms with van der Waals surface area (Å²) in [6.07, 6.45) is 2.02. The van der Waals surface area contributed by atoms with Crippen LogP contribution in [0.5, 0.6) is 5.75 Å². The Balaban J connectivity index is 1.34. The highest BCUT2D eigenvalue weighted by molar-refractivity contribution is 6.31. The van der Waals surface area contributed by atoms with E-state index in [1.54, 1.807) is 18.2 Å². The maximum absolute atomic E-state index is 12.9. The first-order chi connectivity index (χ1) is 13.9. The second-order valence-electron chi connectivity index (χ2n) is 8.47. The Hall–Kier alpha value is -2.51. The molecule has 1 aliphatic heterocycles. The molecular formula is C24H25ClN2O2. The van der Waals surface area contributed by atoms with Crippen LogP contribution in [-0.4, -0.2) is 30.0 Å². The standard InChI is InChI=1S/C24H25ClN2O2/c1-15(2)16-3-5-17(6-4-16)24(28)27-13-19-9-22(10-20(19)14-27)29-21-8-7-18(12-26)23(25)11-21/h3-8,11,15,19-20,22H,9-10,13-14H2,1-2H3/t19-,20+,22-. The van der Waals surface area contributed by atoms with Gasteiger partial charge < -0.3 is 9.64 Å². The topological polar surface area (TPSA) is 53.3 Å². The minimum atomic E-state index is 0.131. The van der Waals surface area contributed by atoms with Crippen molar-refractivity contribution >= 4 is 17.5 Å². The Morgan fingerprint density at radius 1 is 1.14 bits per heavy atom. The molecule has 0 aromatic heterocycles. The van der Waals surface area contributed by atoms with Crippen molar-refractivity contribution in [2.24, 2.45) is 11.8 Å². The SMILES string of the molecule is CC(C)c1ccc(C(=O)N2C[C@H]3C[C@@H](Oc4ccc(C#N)c(Cl)c4)C[C@H]3C2)cc1. The van der Waals surface area contributed by atoms with E-state index >= 15 is 0 Å². The van der Waals surface area contributed by atoms with Gasteiger partial charge in [-0.25, -0.2) is 0 Å². The van der Waals surface area contributed by atoms with Gasteiger partial charge in [-0.15, -0.1) is 0 Å². The maximum atomic E-state index is 12.9. The predicted octanol–water partition coefficient (Wildman–Crippen LogP) is 5.26. The number of halogens is 1. The second kappa shape index (κ2) is 8.08. The third kappa shape index (κ3) is 4.11. The van der Waals surface area contributed by atoms with E-state index in [9.17, 15) is 4.79 Å². The predicted molar refractivity (Wildman–Crippen MR) is 113 cm³/mol. The number of likely N-dealkylation sites (tertiary alicyclic amines) is 1. The zero-order chi connectivity index (χ0) is 20.5. The second-order valence-corrected chi connectivity index (χ2v) is 8.88. The number of carbonyl (C=O) groups is 1. The van der Waals surface area contributed by atoms with Crippen LogP contribution in [0.1, 0.15) is 54.1 Å². The molecule has 0 unspecified atom stereocenters. The molecule has 0 spiro atoms. The zero-order valence-corrected chi connectivity index (χ0v) is 17.5. The van der Waals surface area contributed by atoms with Crippen molar-refractivity contribution in [2.75, 3.05) is 13.1 Å². The fourth-order valence-electron chi connectivity index (χ4n) is 4.55. The van der Waals surface area contributed by atoms with E-state index in [4.69, 9.17) is 21.6 Å². The zero-order valence-electron chi connectivity index (χ0n) is 16.8. The molecule has 150 valence electrons. The summed E-state index contributed by atoms with van der Waals surface area (Å²) in [4.78, 5) is 14.9. The molecule has 4 rings (SSSR count). The molecule has 1 saturated heterocycles. The minimum Gasteiger partial charge on any atom is -0.490 e. The van der Waals surface area contributed by atoms with Crippen LogP contribution in [0.4, 0.5) is 0 Å². The third-order valence-corrected chi connectivity index (χ3v) is 6.50. The third-order valence-electron chi connectivity index (χ3n) is 6.18. The van der Waals surface area contributed by atoms with Gasteiger partial charge in [0.2, 0.25) is 0 Å². The fraction of sp³-hybridized carbons (Fsp3) is 0.417. The molecule has 0 bridgehead atoms. The summed E-state index contributed by atoms with van der Waals surface area (Å²) < 4.78 is 6.11. The van der Waals surface area contributed by atoms with Gasteiger partial charge in [-0.2, -0.15) is 5.26 Å². The van der Waals surface area contributed by atoms with E-state index in [2.05, 4.69) is 32.0 Å². The summed E-state index contributed by atoms with van der Waals surface area (Å²) in [6, 6.07) is 15.3. The lowest BCUT2D eigenvalue weighted by molar-refractivity contribution is 0.0769. The highest BCUT2D eigenvalue weighted by Gasteiger charge is 2.43. The van der Waals surface area contributed by atoms with Gasteiger partial charge in [-0.1, -0.05) is 37.6 Å². The number of nitriles is 1. The van der Waals surface area contributed by atoms with Crippen LogP contribution in [0, 0.1) is 23.2 Å². The van der Waals surface area contributed by atoms with Crippen molar-refractivity contribution in [3.8, 4) is 11.8 Å². The number of ether oxygens (including phenoxy) is 1. The van der Waals surface area contributed by atoms with Gasteiger partial charge in [0.15, 0.2) is 0 Å². The van der Waals surface area contributed by atoms with Crippen LogP contribution >= 0.6 is 11.6 Å². The Labute approximate surface area is 177 Å². The minimum absolute atomic E-state index is 0.131. The molecule has 1 heterocycles. The molecule has 4 nitrogen and oxygen atoms in total. The summed E-state index contributed by atoms with van der Waals surface area (Å²) in [5.74, 6) is 2.26. The van der Waals surface area contributed by atoms with E-state index in [0.29, 0.717) is 34.1 Å². The quantitative estimate of drug-likeness (QED) is 0.692. The van der Waals surface area contributed by atoms with Gasteiger partial charge in [0.1, 0.15) is 11.8 Å². The molecule has 5 heteroatoms. The Morgan fingerprint density at radius 2 is 1.79 bits per heavy atom. The number of hydrogen-bond donors (Lipinski definition) is 0. The number of rotatable bonds is 4. The van der Waals surface area contributed by atoms with Gasteiger partial charge in [-0.3, -0.25) is 4.79 Å². The molecule has 0 N–H and O–H groups in total. The lowest BCUT2D eigenvalue weighted by atomic mass is 10.0. The van der Waals surface area contributed by atoms with Crippen LogP contribution in [0.2, 0.25) is 5.02 Å². The average Bonchev–Trinajstić information content (AvgIpc) is 3.26. The lowest BCUT2D eigenvalue weighted by Crippen LogP contribution is -2.30. The van der Waals surface area contributed by atoms with Gasteiger partial charge in [0, 0.05) is 24.7 Å². The van der Waals surface area contributed by atoms with E-state index in [-0.39, 0.29) is 12.0 Å². The number of benzene rings is 2. The van der Waals surface area contributed by atoms with Gasteiger partial charge >= 0.3 is 0 Å². The number of amides is 1.